The average molecular weight is 223 g/mol. The topological polar surface area (TPSA) is 35.2 Å². The van der Waals surface area contributed by atoms with E-state index >= 15 is 0 Å². The summed E-state index contributed by atoms with van der Waals surface area (Å²) < 4.78 is 5.29. The van der Waals surface area contributed by atoms with E-state index in [-0.39, 0.29) is 5.41 Å². The van der Waals surface area contributed by atoms with Crippen molar-refractivity contribution in [3.05, 3.63) is 29.8 Å². The van der Waals surface area contributed by atoms with Gasteiger partial charge in [0, 0.05) is 5.41 Å². The quantitative estimate of drug-likeness (QED) is 0.797. The standard InChI is InChI=1S/C12H17NOS/c1-12(2,11(13)15)8-9-6-4-5-7-10(9)14-3/h4-7H,8H2,1-3H3,(H2,13,15). The molecule has 1 aromatic carbocycles. The molecule has 15 heavy (non-hydrogen) atoms. The molecule has 0 saturated carbocycles. The number of rotatable bonds is 4. The lowest BCUT2D eigenvalue weighted by molar-refractivity contribution is 0.402. The van der Waals surface area contributed by atoms with Crippen molar-refractivity contribution in [2.75, 3.05) is 7.11 Å². The molecule has 1 rings (SSSR count). The molecule has 82 valence electrons. The van der Waals surface area contributed by atoms with Crippen LogP contribution < -0.4 is 10.5 Å². The number of nitrogens with two attached hydrogens (primary N) is 1. The first-order chi connectivity index (χ1) is 6.97. The summed E-state index contributed by atoms with van der Waals surface area (Å²) in [4.78, 5) is 0.536. The van der Waals surface area contributed by atoms with Crippen molar-refractivity contribution >= 4 is 17.2 Å². The van der Waals surface area contributed by atoms with Crippen molar-refractivity contribution in [3.63, 3.8) is 0 Å². The van der Waals surface area contributed by atoms with Gasteiger partial charge in [-0.05, 0) is 18.1 Å². The zero-order chi connectivity index (χ0) is 11.5. The fourth-order valence-corrected chi connectivity index (χ4v) is 1.48. The second-order valence-corrected chi connectivity index (χ2v) is 4.68. The molecular formula is C12H17NOS. The van der Waals surface area contributed by atoms with Crippen LogP contribution in [-0.4, -0.2) is 12.1 Å². The molecule has 0 unspecified atom stereocenters. The van der Waals surface area contributed by atoms with Crippen LogP contribution in [0.25, 0.3) is 0 Å². The Morgan fingerprint density at radius 1 is 1.40 bits per heavy atom. The summed E-state index contributed by atoms with van der Waals surface area (Å²) in [7, 11) is 1.67. The number of hydrogen-bond acceptors (Lipinski definition) is 2. The van der Waals surface area contributed by atoms with Crippen LogP contribution in [0, 0.1) is 5.41 Å². The van der Waals surface area contributed by atoms with Gasteiger partial charge in [0.25, 0.3) is 0 Å². The van der Waals surface area contributed by atoms with Crippen LogP contribution in [0.15, 0.2) is 24.3 Å². The van der Waals surface area contributed by atoms with Crippen LogP contribution >= 0.6 is 12.2 Å². The normalized spacial score (nSPS) is 11.1. The van der Waals surface area contributed by atoms with Gasteiger partial charge in [0.2, 0.25) is 0 Å². The Morgan fingerprint density at radius 2 is 2.00 bits per heavy atom. The monoisotopic (exact) mass is 223 g/mol. The lowest BCUT2D eigenvalue weighted by Crippen LogP contribution is -2.31. The number of thiocarbonyl (C=S) groups is 1. The minimum absolute atomic E-state index is 0.177. The summed E-state index contributed by atoms with van der Waals surface area (Å²) in [6.45, 7) is 4.09. The first-order valence-electron chi connectivity index (χ1n) is 4.89. The lowest BCUT2D eigenvalue weighted by atomic mass is 9.85. The van der Waals surface area contributed by atoms with Crippen LogP contribution in [0.4, 0.5) is 0 Å². The Labute approximate surface area is 96.4 Å². The van der Waals surface area contributed by atoms with Gasteiger partial charge in [0.05, 0.1) is 12.1 Å². The SMILES string of the molecule is COc1ccccc1CC(C)(C)C(N)=S. The summed E-state index contributed by atoms with van der Waals surface area (Å²) in [5.41, 5.74) is 6.66. The number of hydrogen-bond donors (Lipinski definition) is 1. The Balaban J connectivity index is 2.94. The van der Waals surface area contributed by atoms with Crippen molar-refractivity contribution in [1.29, 1.82) is 0 Å². The third-order valence-electron chi connectivity index (χ3n) is 2.49. The number of para-hydroxylation sites is 1. The predicted molar refractivity (Wildman–Crippen MR) is 67.3 cm³/mol. The molecule has 2 N–H and O–H groups in total. The van der Waals surface area contributed by atoms with Crippen molar-refractivity contribution in [1.82, 2.24) is 0 Å². The second kappa shape index (κ2) is 4.62. The van der Waals surface area contributed by atoms with E-state index in [9.17, 15) is 0 Å². The average Bonchev–Trinajstić information content (AvgIpc) is 2.18. The number of ether oxygens (including phenoxy) is 1. The molecule has 0 bridgehead atoms. The Hall–Kier alpha value is -1.09. The number of benzene rings is 1. The van der Waals surface area contributed by atoms with E-state index < -0.39 is 0 Å². The predicted octanol–water partition coefficient (Wildman–Crippen LogP) is 2.55. The first-order valence-corrected chi connectivity index (χ1v) is 5.30. The minimum atomic E-state index is -0.177. The van der Waals surface area contributed by atoms with Gasteiger partial charge in [-0.2, -0.15) is 0 Å². The highest BCUT2D eigenvalue weighted by molar-refractivity contribution is 7.80. The highest BCUT2D eigenvalue weighted by Gasteiger charge is 2.23. The third-order valence-corrected chi connectivity index (χ3v) is 3.04. The van der Waals surface area contributed by atoms with Crippen LogP contribution in [0.3, 0.4) is 0 Å². The molecule has 0 heterocycles. The molecular weight excluding hydrogens is 206 g/mol. The van der Waals surface area contributed by atoms with E-state index in [0.717, 1.165) is 17.7 Å². The van der Waals surface area contributed by atoms with Crippen LogP contribution in [0.2, 0.25) is 0 Å². The lowest BCUT2D eigenvalue weighted by Gasteiger charge is -2.24. The molecule has 0 saturated heterocycles. The second-order valence-electron chi connectivity index (χ2n) is 4.24. The van der Waals surface area contributed by atoms with Gasteiger partial charge in [-0.15, -0.1) is 0 Å². The molecule has 0 spiro atoms. The molecule has 0 aliphatic heterocycles. The minimum Gasteiger partial charge on any atom is -0.496 e. The fraction of sp³-hybridized carbons (Fsp3) is 0.417. The molecule has 0 aliphatic rings. The van der Waals surface area contributed by atoms with Gasteiger partial charge in [0.1, 0.15) is 5.75 Å². The molecule has 0 amide bonds. The van der Waals surface area contributed by atoms with Crippen LogP contribution in [0.1, 0.15) is 19.4 Å². The molecule has 0 atom stereocenters. The van der Waals surface area contributed by atoms with Crippen LogP contribution in [0.5, 0.6) is 5.75 Å². The highest BCUT2D eigenvalue weighted by Crippen LogP contribution is 2.27. The van der Waals surface area contributed by atoms with Gasteiger partial charge >= 0.3 is 0 Å². The molecule has 2 nitrogen and oxygen atoms in total. The summed E-state index contributed by atoms with van der Waals surface area (Å²) in [5.74, 6) is 0.891. The molecule has 0 radical (unpaired) electrons. The summed E-state index contributed by atoms with van der Waals surface area (Å²) in [6.07, 6.45) is 0.798. The van der Waals surface area contributed by atoms with Gasteiger partial charge in [0.15, 0.2) is 0 Å². The van der Waals surface area contributed by atoms with E-state index in [2.05, 4.69) is 0 Å². The maximum atomic E-state index is 5.70. The summed E-state index contributed by atoms with van der Waals surface area (Å²) >= 11 is 5.05. The summed E-state index contributed by atoms with van der Waals surface area (Å²) in [6, 6.07) is 7.94. The van der Waals surface area contributed by atoms with E-state index in [1.165, 1.54) is 0 Å². The maximum absolute atomic E-state index is 5.70. The van der Waals surface area contributed by atoms with E-state index in [0.29, 0.717) is 4.99 Å². The Kier molecular flexibility index (Phi) is 3.69. The van der Waals surface area contributed by atoms with E-state index in [1.807, 2.05) is 38.1 Å². The Bertz CT molecular complexity index is 360. The van der Waals surface area contributed by atoms with E-state index in [1.54, 1.807) is 7.11 Å². The van der Waals surface area contributed by atoms with Gasteiger partial charge in [-0.1, -0.05) is 44.3 Å². The van der Waals surface area contributed by atoms with Crippen LogP contribution in [-0.2, 0) is 6.42 Å². The van der Waals surface area contributed by atoms with Crippen molar-refractivity contribution < 1.29 is 4.74 Å². The Morgan fingerprint density at radius 3 is 2.53 bits per heavy atom. The fourth-order valence-electron chi connectivity index (χ4n) is 1.41. The van der Waals surface area contributed by atoms with Gasteiger partial charge in [-0.25, -0.2) is 0 Å². The molecule has 0 fully saturated rings. The van der Waals surface area contributed by atoms with Crippen molar-refractivity contribution in [3.8, 4) is 5.75 Å². The first kappa shape index (κ1) is 12.0. The molecule has 3 heteroatoms. The molecule has 1 aromatic rings. The zero-order valence-electron chi connectivity index (χ0n) is 9.41. The van der Waals surface area contributed by atoms with Crippen molar-refractivity contribution in [2.45, 2.75) is 20.3 Å². The van der Waals surface area contributed by atoms with E-state index in [4.69, 9.17) is 22.7 Å². The zero-order valence-corrected chi connectivity index (χ0v) is 10.2. The largest absolute Gasteiger partial charge is 0.496 e. The van der Waals surface area contributed by atoms with Crippen molar-refractivity contribution in [2.24, 2.45) is 11.1 Å². The third kappa shape index (κ3) is 2.93. The smallest absolute Gasteiger partial charge is 0.122 e. The highest BCUT2D eigenvalue weighted by atomic mass is 32.1. The maximum Gasteiger partial charge on any atom is 0.122 e. The summed E-state index contributed by atoms with van der Waals surface area (Å²) in [5, 5.41) is 0. The molecule has 0 aliphatic carbocycles. The number of methoxy groups -OCH3 is 1. The van der Waals surface area contributed by atoms with Gasteiger partial charge < -0.3 is 10.5 Å². The molecule has 0 aromatic heterocycles. The van der Waals surface area contributed by atoms with Gasteiger partial charge in [-0.3, -0.25) is 0 Å².